The van der Waals surface area contributed by atoms with E-state index in [2.05, 4.69) is 4.98 Å². The summed E-state index contributed by atoms with van der Waals surface area (Å²) in [6.45, 7) is 0.581. The molecule has 21 heavy (non-hydrogen) atoms. The Kier molecular flexibility index (Phi) is 3.95. The summed E-state index contributed by atoms with van der Waals surface area (Å²) in [7, 11) is 1.67. The van der Waals surface area contributed by atoms with Crippen molar-refractivity contribution in [1.29, 1.82) is 0 Å². The summed E-state index contributed by atoms with van der Waals surface area (Å²) < 4.78 is 5.09. The van der Waals surface area contributed by atoms with Gasteiger partial charge in [0, 0.05) is 18.7 Å². The molecule has 0 aliphatic heterocycles. The van der Waals surface area contributed by atoms with E-state index in [1.165, 1.54) is 0 Å². The largest absolute Gasteiger partial charge is 0.384 e. The Morgan fingerprint density at radius 2 is 1.81 bits per heavy atom. The van der Waals surface area contributed by atoms with Gasteiger partial charge in [0.15, 0.2) is 0 Å². The lowest BCUT2D eigenvalue weighted by Gasteiger charge is -2.13. The molecule has 0 saturated heterocycles. The normalized spacial score (nSPS) is 12.5. The quantitative estimate of drug-likeness (QED) is 0.795. The minimum atomic E-state index is -0.633. The molecule has 3 nitrogen and oxygen atoms in total. The molecule has 3 rings (SSSR count). The van der Waals surface area contributed by atoms with E-state index in [0.717, 1.165) is 27.6 Å². The average Bonchev–Trinajstić information content (AvgIpc) is 2.55. The van der Waals surface area contributed by atoms with Crippen LogP contribution < -0.4 is 0 Å². The summed E-state index contributed by atoms with van der Waals surface area (Å²) in [5.41, 5.74) is 3.77. The van der Waals surface area contributed by atoms with Crippen molar-refractivity contribution in [3.63, 3.8) is 0 Å². The van der Waals surface area contributed by atoms with Gasteiger partial charge in [-0.3, -0.25) is 4.98 Å². The zero-order chi connectivity index (χ0) is 14.7. The van der Waals surface area contributed by atoms with Crippen molar-refractivity contribution in [3.05, 3.63) is 77.5 Å². The van der Waals surface area contributed by atoms with Crippen molar-refractivity contribution < 1.29 is 9.84 Å². The number of aromatic nitrogens is 1. The van der Waals surface area contributed by atoms with Crippen LogP contribution in [-0.4, -0.2) is 17.2 Å². The van der Waals surface area contributed by atoms with Crippen LogP contribution in [0.1, 0.15) is 22.8 Å². The van der Waals surface area contributed by atoms with Crippen LogP contribution in [0.5, 0.6) is 0 Å². The average molecular weight is 279 g/mol. The molecule has 2 aromatic carbocycles. The molecule has 0 radical (unpaired) electrons. The molecule has 0 saturated carbocycles. The van der Waals surface area contributed by atoms with Crippen molar-refractivity contribution in [2.45, 2.75) is 12.7 Å². The molecule has 3 aromatic rings. The van der Waals surface area contributed by atoms with Crippen molar-refractivity contribution >= 4 is 10.9 Å². The van der Waals surface area contributed by atoms with E-state index in [9.17, 15) is 5.11 Å². The second-order valence-corrected chi connectivity index (χ2v) is 5.03. The minimum Gasteiger partial charge on any atom is -0.384 e. The molecule has 0 bridgehead atoms. The predicted molar refractivity (Wildman–Crippen MR) is 83.0 cm³/mol. The van der Waals surface area contributed by atoms with E-state index in [1.54, 1.807) is 13.3 Å². The molecule has 0 aliphatic rings. The van der Waals surface area contributed by atoms with Crippen LogP contribution in [0.3, 0.4) is 0 Å². The Morgan fingerprint density at radius 1 is 1.05 bits per heavy atom. The van der Waals surface area contributed by atoms with E-state index in [-0.39, 0.29) is 0 Å². The Bertz CT molecular complexity index is 738. The molecule has 106 valence electrons. The third-order valence-corrected chi connectivity index (χ3v) is 3.55. The Hall–Kier alpha value is -2.23. The van der Waals surface area contributed by atoms with Crippen LogP contribution in [0.4, 0.5) is 0 Å². The number of methoxy groups -OCH3 is 1. The summed E-state index contributed by atoms with van der Waals surface area (Å²) in [5.74, 6) is 0. The van der Waals surface area contributed by atoms with Crippen LogP contribution >= 0.6 is 0 Å². The van der Waals surface area contributed by atoms with Gasteiger partial charge in [-0.1, -0.05) is 36.4 Å². The smallest absolute Gasteiger partial charge is 0.104 e. The highest BCUT2D eigenvalue weighted by molar-refractivity contribution is 5.79. The van der Waals surface area contributed by atoms with Gasteiger partial charge in [0.1, 0.15) is 6.10 Å². The van der Waals surface area contributed by atoms with Crippen molar-refractivity contribution in [1.82, 2.24) is 4.98 Å². The fourth-order valence-electron chi connectivity index (χ4n) is 2.42. The number of fused-ring (bicyclic) bond motifs is 1. The molecule has 0 aliphatic carbocycles. The van der Waals surface area contributed by atoms with Gasteiger partial charge in [0.25, 0.3) is 0 Å². The lowest BCUT2D eigenvalue weighted by atomic mass is 9.99. The lowest BCUT2D eigenvalue weighted by Crippen LogP contribution is -2.00. The number of benzene rings is 2. The van der Waals surface area contributed by atoms with Crippen LogP contribution in [-0.2, 0) is 11.3 Å². The summed E-state index contributed by atoms with van der Waals surface area (Å²) in [6, 6.07) is 17.6. The first kappa shape index (κ1) is 13.7. The number of nitrogens with zero attached hydrogens (tertiary/aromatic N) is 1. The first-order chi connectivity index (χ1) is 10.3. The molecule has 1 N–H and O–H groups in total. The number of pyridine rings is 1. The minimum absolute atomic E-state index is 0.581. The molecule has 0 amide bonds. The van der Waals surface area contributed by atoms with E-state index < -0.39 is 6.10 Å². The van der Waals surface area contributed by atoms with Gasteiger partial charge >= 0.3 is 0 Å². The summed E-state index contributed by atoms with van der Waals surface area (Å²) in [6.07, 6.45) is 1.14. The summed E-state index contributed by atoms with van der Waals surface area (Å²) in [5, 5.41) is 11.6. The monoisotopic (exact) mass is 279 g/mol. The molecular weight excluding hydrogens is 262 g/mol. The van der Waals surface area contributed by atoms with Gasteiger partial charge < -0.3 is 9.84 Å². The highest BCUT2D eigenvalue weighted by atomic mass is 16.5. The molecule has 1 heterocycles. The maximum absolute atomic E-state index is 10.5. The van der Waals surface area contributed by atoms with Gasteiger partial charge in [-0.25, -0.2) is 0 Å². The van der Waals surface area contributed by atoms with Crippen molar-refractivity contribution in [2.75, 3.05) is 7.11 Å². The third-order valence-electron chi connectivity index (χ3n) is 3.55. The molecular formula is C18H17NO2. The zero-order valence-electron chi connectivity index (χ0n) is 11.9. The Morgan fingerprint density at radius 3 is 2.57 bits per heavy atom. The highest BCUT2D eigenvalue weighted by Crippen LogP contribution is 2.25. The summed E-state index contributed by atoms with van der Waals surface area (Å²) in [4.78, 5) is 4.29. The van der Waals surface area contributed by atoms with Crippen molar-refractivity contribution in [2.24, 2.45) is 0 Å². The van der Waals surface area contributed by atoms with Crippen LogP contribution in [0.25, 0.3) is 10.9 Å². The van der Waals surface area contributed by atoms with Crippen LogP contribution in [0.2, 0.25) is 0 Å². The number of aliphatic hydroxyl groups excluding tert-OH is 1. The Labute approximate surface area is 123 Å². The highest BCUT2D eigenvalue weighted by Gasteiger charge is 2.11. The van der Waals surface area contributed by atoms with Crippen LogP contribution in [0.15, 0.2) is 60.8 Å². The van der Waals surface area contributed by atoms with Gasteiger partial charge in [-0.15, -0.1) is 0 Å². The van der Waals surface area contributed by atoms with E-state index >= 15 is 0 Å². The maximum Gasteiger partial charge on any atom is 0.104 e. The maximum atomic E-state index is 10.5. The molecule has 1 atom stereocenters. The molecule has 0 spiro atoms. The standard InChI is InChI=1S/C18H17NO2/c1-21-12-13-4-6-14(7-5-13)18(20)16-8-9-17-15(11-16)3-2-10-19-17/h2-11,18,20H,12H2,1H3. The molecule has 1 aromatic heterocycles. The lowest BCUT2D eigenvalue weighted by molar-refractivity contribution is 0.184. The Balaban J connectivity index is 1.90. The molecule has 3 heteroatoms. The second kappa shape index (κ2) is 6.04. The fraction of sp³-hybridized carbons (Fsp3) is 0.167. The predicted octanol–water partition coefficient (Wildman–Crippen LogP) is 3.46. The molecule has 1 unspecified atom stereocenters. The first-order valence-corrected chi connectivity index (χ1v) is 6.88. The number of hydrogen-bond acceptors (Lipinski definition) is 3. The zero-order valence-corrected chi connectivity index (χ0v) is 11.9. The van der Waals surface area contributed by atoms with Gasteiger partial charge in [0.2, 0.25) is 0 Å². The van der Waals surface area contributed by atoms with E-state index in [1.807, 2.05) is 54.6 Å². The van der Waals surface area contributed by atoms with Gasteiger partial charge in [0.05, 0.1) is 12.1 Å². The first-order valence-electron chi connectivity index (χ1n) is 6.88. The number of aliphatic hydroxyl groups is 1. The molecule has 0 fully saturated rings. The fourth-order valence-corrected chi connectivity index (χ4v) is 2.42. The third kappa shape index (κ3) is 2.94. The van der Waals surface area contributed by atoms with E-state index in [4.69, 9.17) is 4.74 Å². The number of ether oxygens (including phenoxy) is 1. The topological polar surface area (TPSA) is 42.4 Å². The number of hydrogen-bond donors (Lipinski definition) is 1. The summed E-state index contributed by atoms with van der Waals surface area (Å²) >= 11 is 0. The van der Waals surface area contributed by atoms with Gasteiger partial charge in [-0.2, -0.15) is 0 Å². The van der Waals surface area contributed by atoms with Crippen LogP contribution in [0, 0.1) is 0 Å². The second-order valence-electron chi connectivity index (χ2n) is 5.03. The van der Waals surface area contributed by atoms with E-state index in [0.29, 0.717) is 6.61 Å². The SMILES string of the molecule is COCc1ccc(C(O)c2ccc3ncccc3c2)cc1. The van der Waals surface area contributed by atoms with Crippen molar-refractivity contribution in [3.8, 4) is 0 Å². The van der Waals surface area contributed by atoms with Gasteiger partial charge in [-0.05, 0) is 34.9 Å². The number of rotatable bonds is 4.